The molecule has 2 saturated heterocycles. The van der Waals surface area contributed by atoms with E-state index in [1.807, 2.05) is 4.90 Å². The number of hydrogen-bond donors (Lipinski definition) is 1. The normalized spacial score (nSPS) is 29.8. The van der Waals surface area contributed by atoms with Crippen molar-refractivity contribution in [1.29, 1.82) is 0 Å². The van der Waals surface area contributed by atoms with Gasteiger partial charge in [-0.25, -0.2) is 0 Å². The second-order valence-electron chi connectivity index (χ2n) is 6.60. The lowest BCUT2D eigenvalue weighted by Crippen LogP contribution is -2.45. The average molecular weight is 294 g/mol. The highest BCUT2D eigenvalue weighted by Crippen LogP contribution is 2.32. The van der Waals surface area contributed by atoms with Crippen LogP contribution in [0.5, 0.6) is 0 Å². The summed E-state index contributed by atoms with van der Waals surface area (Å²) in [5.74, 6) is -0.884. The van der Waals surface area contributed by atoms with Crippen LogP contribution >= 0.6 is 0 Å². The van der Waals surface area contributed by atoms with Crippen LogP contribution in [0.25, 0.3) is 0 Å². The third-order valence-corrected chi connectivity index (χ3v) is 4.82. The number of rotatable bonds is 4. The molecule has 0 aromatic carbocycles. The maximum Gasteiger partial charge on any atom is 0.308 e. The summed E-state index contributed by atoms with van der Waals surface area (Å²) < 4.78 is 0. The second-order valence-corrected chi connectivity index (χ2v) is 6.60. The minimum absolute atomic E-state index is 0.0346. The van der Waals surface area contributed by atoms with Gasteiger partial charge in [-0.3, -0.25) is 14.4 Å². The Labute approximate surface area is 124 Å². The molecular weight excluding hydrogens is 272 g/mol. The molecule has 3 rings (SSSR count). The number of carboxylic acids is 1. The number of likely N-dealkylation sites (tertiary alicyclic amines) is 2. The van der Waals surface area contributed by atoms with Crippen LogP contribution in [0.15, 0.2) is 0 Å². The van der Waals surface area contributed by atoms with Crippen LogP contribution in [-0.4, -0.2) is 58.9 Å². The van der Waals surface area contributed by atoms with Crippen LogP contribution in [0.2, 0.25) is 0 Å². The summed E-state index contributed by atoms with van der Waals surface area (Å²) in [7, 11) is 0. The van der Waals surface area contributed by atoms with Gasteiger partial charge in [-0.15, -0.1) is 0 Å². The lowest BCUT2D eigenvalue weighted by atomic mass is 9.96. The zero-order chi connectivity index (χ0) is 15.0. The fourth-order valence-electron chi connectivity index (χ4n) is 3.36. The zero-order valence-electron chi connectivity index (χ0n) is 12.2. The lowest BCUT2D eigenvalue weighted by molar-refractivity contribution is -0.146. The molecule has 2 amide bonds. The Morgan fingerprint density at radius 3 is 2.57 bits per heavy atom. The van der Waals surface area contributed by atoms with Gasteiger partial charge >= 0.3 is 5.97 Å². The van der Waals surface area contributed by atoms with E-state index in [-0.39, 0.29) is 17.7 Å². The summed E-state index contributed by atoms with van der Waals surface area (Å²) in [4.78, 5) is 39.0. The number of aliphatic carboxylic acids is 1. The number of carbonyl (C=O) groups excluding carboxylic acids is 2. The van der Waals surface area contributed by atoms with Crippen molar-refractivity contribution in [1.82, 2.24) is 9.80 Å². The molecule has 0 bridgehead atoms. The Balaban J connectivity index is 1.57. The molecule has 3 fully saturated rings. The summed E-state index contributed by atoms with van der Waals surface area (Å²) in [5, 5.41) is 9.09. The van der Waals surface area contributed by atoms with E-state index in [4.69, 9.17) is 5.11 Å². The Bertz CT molecular complexity index is 461. The molecule has 2 atom stereocenters. The topological polar surface area (TPSA) is 77.9 Å². The number of amides is 2. The third-order valence-electron chi connectivity index (χ3n) is 4.82. The molecule has 21 heavy (non-hydrogen) atoms. The number of nitrogens with zero attached hydrogens (tertiary/aromatic N) is 2. The van der Waals surface area contributed by atoms with E-state index < -0.39 is 11.9 Å². The molecule has 6 heteroatoms. The second kappa shape index (κ2) is 5.66. The van der Waals surface area contributed by atoms with Gasteiger partial charge in [0.15, 0.2) is 0 Å². The van der Waals surface area contributed by atoms with Gasteiger partial charge in [-0.2, -0.15) is 0 Å². The molecule has 1 saturated carbocycles. The zero-order valence-corrected chi connectivity index (χ0v) is 12.2. The van der Waals surface area contributed by atoms with Crippen LogP contribution < -0.4 is 0 Å². The minimum Gasteiger partial charge on any atom is -0.481 e. The van der Waals surface area contributed by atoms with Crippen molar-refractivity contribution in [3.63, 3.8) is 0 Å². The summed E-state index contributed by atoms with van der Waals surface area (Å²) >= 11 is 0. The minimum atomic E-state index is -0.828. The standard InChI is InChI=1S/C15H22N2O4/c18-13-6-12(9-17(13)7-10-3-4-10)14(19)16-5-1-2-11(8-16)15(20)21/h10-12H,1-9H2,(H,20,21)/t11-,12?/m0/s1. The van der Waals surface area contributed by atoms with E-state index in [1.165, 1.54) is 12.8 Å². The van der Waals surface area contributed by atoms with Gasteiger partial charge in [0, 0.05) is 32.6 Å². The van der Waals surface area contributed by atoms with Crippen molar-refractivity contribution in [2.24, 2.45) is 17.8 Å². The lowest BCUT2D eigenvalue weighted by Gasteiger charge is -2.32. The van der Waals surface area contributed by atoms with E-state index in [0.29, 0.717) is 38.4 Å². The molecule has 0 aromatic rings. The van der Waals surface area contributed by atoms with Crippen molar-refractivity contribution in [2.75, 3.05) is 26.2 Å². The van der Waals surface area contributed by atoms with E-state index >= 15 is 0 Å². The Morgan fingerprint density at radius 1 is 1.14 bits per heavy atom. The molecule has 3 aliphatic rings. The maximum atomic E-state index is 12.5. The fraction of sp³-hybridized carbons (Fsp3) is 0.800. The van der Waals surface area contributed by atoms with Crippen LogP contribution in [-0.2, 0) is 14.4 Å². The summed E-state index contributed by atoms with van der Waals surface area (Å²) in [6, 6.07) is 0. The van der Waals surface area contributed by atoms with Crippen LogP contribution in [0, 0.1) is 17.8 Å². The van der Waals surface area contributed by atoms with Crippen LogP contribution in [0.1, 0.15) is 32.1 Å². The number of carbonyl (C=O) groups is 3. The van der Waals surface area contributed by atoms with E-state index in [1.54, 1.807) is 4.90 Å². The quantitative estimate of drug-likeness (QED) is 0.822. The molecule has 1 N–H and O–H groups in total. The molecule has 2 heterocycles. The SMILES string of the molecule is O=C(O)[C@H]1CCCN(C(=O)C2CC(=O)N(CC3CC3)C2)C1. The molecule has 6 nitrogen and oxygen atoms in total. The van der Waals surface area contributed by atoms with Gasteiger partial charge < -0.3 is 14.9 Å². The summed E-state index contributed by atoms with van der Waals surface area (Å²) in [6.45, 7) is 2.22. The Morgan fingerprint density at radius 2 is 1.90 bits per heavy atom. The summed E-state index contributed by atoms with van der Waals surface area (Å²) in [6.07, 6.45) is 4.04. The predicted octanol–water partition coefficient (Wildman–Crippen LogP) is 0.568. The van der Waals surface area contributed by atoms with Crippen LogP contribution in [0.3, 0.4) is 0 Å². The largest absolute Gasteiger partial charge is 0.481 e. The molecule has 1 aliphatic carbocycles. The van der Waals surface area contributed by atoms with Crippen molar-refractivity contribution in [3.05, 3.63) is 0 Å². The molecular formula is C15H22N2O4. The summed E-state index contributed by atoms with van der Waals surface area (Å²) in [5.41, 5.74) is 0. The van der Waals surface area contributed by atoms with Crippen molar-refractivity contribution < 1.29 is 19.5 Å². The highest BCUT2D eigenvalue weighted by Gasteiger charge is 2.40. The molecule has 1 unspecified atom stereocenters. The Hall–Kier alpha value is -1.59. The first kappa shape index (κ1) is 14.4. The molecule has 116 valence electrons. The molecule has 2 aliphatic heterocycles. The highest BCUT2D eigenvalue weighted by molar-refractivity contribution is 5.89. The van der Waals surface area contributed by atoms with Crippen molar-refractivity contribution in [3.8, 4) is 0 Å². The smallest absolute Gasteiger partial charge is 0.308 e. The first-order chi connectivity index (χ1) is 10.0. The van der Waals surface area contributed by atoms with Gasteiger partial charge in [-0.05, 0) is 31.6 Å². The number of carboxylic acid groups (broad SMARTS) is 1. The molecule has 0 aromatic heterocycles. The van der Waals surface area contributed by atoms with Crippen molar-refractivity contribution >= 4 is 17.8 Å². The van der Waals surface area contributed by atoms with Crippen molar-refractivity contribution in [2.45, 2.75) is 32.1 Å². The van der Waals surface area contributed by atoms with Gasteiger partial charge in [-0.1, -0.05) is 0 Å². The molecule has 0 spiro atoms. The van der Waals surface area contributed by atoms with Gasteiger partial charge in [0.25, 0.3) is 0 Å². The van der Waals surface area contributed by atoms with E-state index in [9.17, 15) is 14.4 Å². The third kappa shape index (κ3) is 3.19. The van der Waals surface area contributed by atoms with E-state index in [0.717, 1.165) is 13.0 Å². The van der Waals surface area contributed by atoms with Gasteiger partial charge in [0.05, 0.1) is 11.8 Å². The Kier molecular flexibility index (Phi) is 3.87. The highest BCUT2D eigenvalue weighted by atomic mass is 16.4. The number of piperidine rings is 1. The fourth-order valence-corrected chi connectivity index (χ4v) is 3.36. The predicted molar refractivity (Wildman–Crippen MR) is 74.4 cm³/mol. The molecule has 0 radical (unpaired) electrons. The first-order valence-corrected chi connectivity index (χ1v) is 7.84. The van der Waals surface area contributed by atoms with Gasteiger partial charge in [0.1, 0.15) is 0 Å². The number of hydrogen-bond acceptors (Lipinski definition) is 3. The maximum absolute atomic E-state index is 12.5. The van der Waals surface area contributed by atoms with Gasteiger partial charge in [0.2, 0.25) is 11.8 Å². The first-order valence-electron chi connectivity index (χ1n) is 7.84. The van der Waals surface area contributed by atoms with Crippen LogP contribution in [0.4, 0.5) is 0 Å². The average Bonchev–Trinajstić information content (AvgIpc) is 3.21. The monoisotopic (exact) mass is 294 g/mol. The van der Waals surface area contributed by atoms with E-state index in [2.05, 4.69) is 0 Å².